The second-order valence-electron chi connectivity index (χ2n) is 5.46. The fraction of sp³-hybridized carbons (Fsp3) is 0.294. The van der Waals surface area contributed by atoms with E-state index in [1.807, 2.05) is 34.9 Å². The molecule has 0 saturated carbocycles. The van der Waals surface area contributed by atoms with Crippen LogP contribution in [-0.2, 0) is 12.8 Å². The van der Waals surface area contributed by atoms with E-state index >= 15 is 0 Å². The molecule has 9 heteroatoms. The van der Waals surface area contributed by atoms with Crippen LogP contribution in [0.15, 0.2) is 47.7 Å². The molecule has 0 amide bonds. The molecule has 0 bridgehead atoms. The number of pyridine rings is 2. The van der Waals surface area contributed by atoms with E-state index in [0.717, 1.165) is 48.9 Å². The van der Waals surface area contributed by atoms with Gasteiger partial charge in [-0.05, 0) is 30.2 Å². The van der Waals surface area contributed by atoms with E-state index in [4.69, 9.17) is 11.6 Å². The van der Waals surface area contributed by atoms with Crippen LogP contribution in [0.25, 0.3) is 5.65 Å². The fourth-order valence-corrected chi connectivity index (χ4v) is 2.57. The highest BCUT2D eigenvalue weighted by molar-refractivity contribution is 14.0. The Morgan fingerprint density at radius 3 is 2.65 bits per heavy atom. The zero-order chi connectivity index (χ0) is 17.5. The molecule has 7 nitrogen and oxygen atoms in total. The Kier molecular flexibility index (Phi) is 8.05. The largest absolute Gasteiger partial charge is 0.356 e. The van der Waals surface area contributed by atoms with Crippen molar-refractivity contribution in [3.05, 3.63) is 59.3 Å². The summed E-state index contributed by atoms with van der Waals surface area (Å²) in [5.74, 6) is 1.68. The highest BCUT2D eigenvalue weighted by Crippen LogP contribution is 2.05. The van der Waals surface area contributed by atoms with E-state index < -0.39 is 0 Å². The first-order valence-electron chi connectivity index (χ1n) is 8.10. The van der Waals surface area contributed by atoms with Crippen molar-refractivity contribution in [2.75, 3.05) is 20.1 Å². The highest BCUT2D eigenvalue weighted by atomic mass is 127. The van der Waals surface area contributed by atoms with E-state index in [1.165, 1.54) is 0 Å². The van der Waals surface area contributed by atoms with Gasteiger partial charge < -0.3 is 10.6 Å². The quantitative estimate of drug-likeness (QED) is 0.243. The molecule has 138 valence electrons. The van der Waals surface area contributed by atoms with Crippen LogP contribution in [0, 0.1) is 0 Å². The van der Waals surface area contributed by atoms with Crippen LogP contribution >= 0.6 is 35.6 Å². The maximum atomic E-state index is 5.79. The van der Waals surface area contributed by atoms with Gasteiger partial charge in [0.25, 0.3) is 0 Å². The molecule has 26 heavy (non-hydrogen) atoms. The van der Waals surface area contributed by atoms with Gasteiger partial charge in [0, 0.05) is 39.0 Å². The number of rotatable bonds is 6. The Morgan fingerprint density at radius 1 is 1.12 bits per heavy atom. The number of fused-ring (bicyclic) bond motifs is 1. The molecule has 3 heterocycles. The lowest BCUT2D eigenvalue weighted by Crippen LogP contribution is -2.39. The number of guanidine groups is 1. The van der Waals surface area contributed by atoms with Gasteiger partial charge >= 0.3 is 0 Å². The third-order valence-corrected chi connectivity index (χ3v) is 3.97. The molecule has 0 radical (unpaired) electrons. The third-order valence-electron chi connectivity index (χ3n) is 3.74. The van der Waals surface area contributed by atoms with Gasteiger partial charge in [0.1, 0.15) is 11.0 Å². The summed E-state index contributed by atoms with van der Waals surface area (Å²) in [4.78, 5) is 8.31. The first kappa shape index (κ1) is 20.4. The van der Waals surface area contributed by atoms with E-state index in [2.05, 4.69) is 30.8 Å². The minimum Gasteiger partial charge on any atom is -0.356 e. The number of aliphatic imine (C=N–C) groups is 1. The van der Waals surface area contributed by atoms with E-state index in [1.54, 1.807) is 19.3 Å². The van der Waals surface area contributed by atoms with Crippen LogP contribution in [-0.4, -0.2) is 45.7 Å². The first-order chi connectivity index (χ1) is 12.3. The van der Waals surface area contributed by atoms with Crippen molar-refractivity contribution in [1.82, 2.24) is 30.2 Å². The predicted octanol–water partition coefficient (Wildman–Crippen LogP) is 2.35. The Balaban J connectivity index is 0.00000243. The average Bonchev–Trinajstić information content (AvgIpc) is 3.05. The maximum absolute atomic E-state index is 5.79. The normalized spacial score (nSPS) is 11.2. The molecular formula is C17H21ClIN7. The molecule has 0 atom stereocenters. The lowest BCUT2D eigenvalue weighted by atomic mass is 10.2. The highest BCUT2D eigenvalue weighted by Gasteiger charge is 2.05. The maximum Gasteiger partial charge on any atom is 0.191 e. The van der Waals surface area contributed by atoms with Crippen LogP contribution in [0.2, 0.25) is 5.15 Å². The summed E-state index contributed by atoms with van der Waals surface area (Å²) in [6.45, 7) is 1.48. The number of halogens is 2. The summed E-state index contributed by atoms with van der Waals surface area (Å²) in [7, 11) is 1.76. The standard InChI is InChI=1S/C17H20ClN7.HI/c1-19-17(20-9-7-13-5-6-14(18)22-12-13)21-10-8-16-24-23-15-4-2-3-11-25(15)16;/h2-6,11-12H,7-10H2,1H3,(H2,19,20,21);1H. The van der Waals surface area contributed by atoms with Crippen molar-refractivity contribution < 1.29 is 0 Å². The molecule has 0 aliphatic carbocycles. The van der Waals surface area contributed by atoms with Gasteiger partial charge in [-0.15, -0.1) is 34.2 Å². The van der Waals surface area contributed by atoms with Crippen LogP contribution in [0.5, 0.6) is 0 Å². The fourth-order valence-electron chi connectivity index (χ4n) is 2.45. The van der Waals surface area contributed by atoms with E-state index in [-0.39, 0.29) is 24.0 Å². The zero-order valence-electron chi connectivity index (χ0n) is 14.4. The topological polar surface area (TPSA) is 79.5 Å². The molecule has 3 aromatic heterocycles. The van der Waals surface area contributed by atoms with Crippen LogP contribution < -0.4 is 10.6 Å². The first-order valence-corrected chi connectivity index (χ1v) is 8.47. The second-order valence-corrected chi connectivity index (χ2v) is 5.85. The van der Waals surface area contributed by atoms with Crippen molar-refractivity contribution in [2.24, 2.45) is 4.99 Å². The third kappa shape index (κ3) is 5.53. The van der Waals surface area contributed by atoms with E-state index in [9.17, 15) is 0 Å². The number of hydrogen-bond acceptors (Lipinski definition) is 4. The van der Waals surface area contributed by atoms with Gasteiger partial charge in [-0.3, -0.25) is 9.39 Å². The lowest BCUT2D eigenvalue weighted by molar-refractivity contribution is 0.756. The number of nitrogens with zero attached hydrogens (tertiary/aromatic N) is 5. The molecule has 3 aromatic rings. The minimum atomic E-state index is 0. The number of aromatic nitrogens is 4. The molecule has 0 aliphatic heterocycles. The van der Waals surface area contributed by atoms with Crippen LogP contribution in [0.3, 0.4) is 0 Å². The smallest absolute Gasteiger partial charge is 0.191 e. The van der Waals surface area contributed by atoms with Crippen LogP contribution in [0.1, 0.15) is 11.4 Å². The van der Waals surface area contributed by atoms with Gasteiger partial charge in [0.2, 0.25) is 0 Å². The van der Waals surface area contributed by atoms with Crippen molar-refractivity contribution >= 4 is 47.2 Å². The minimum absolute atomic E-state index is 0. The van der Waals surface area contributed by atoms with Crippen molar-refractivity contribution in [3.8, 4) is 0 Å². The summed E-state index contributed by atoms with van der Waals surface area (Å²) < 4.78 is 1.99. The van der Waals surface area contributed by atoms with Crippen molar-refractivity contribution in [3.63, 3.8) is 0 Å². The lowest BCUT2D eigenvalue weighted by Gasteiger charge is -2.11. The summed E-state index contributed by atoms with van der Waals surface area (Å²) in [5, 5.41) is 15.5. The summed E-state index contributed by atoms with van der Waals surface area (Å²) >= 11 is 5.79. The summed E-state index contributed by atoms with van der Waals surface area (Å²) in [5.41, 5.74) is 1.99. The van der Waals surface area contributed by atoms with Gasteiger partial charge in [-0.2, -0.15) is 0 Å². The summed E-state index contributed by atoms with van der Waals surface area (Å²) in [6.07, 6.45) is 5.36. The second kappa shape index (κ2) is 10.3. The van der Waals surface area contributed by atoms with Gasteiger partial charge in [-0.1, -0.05) is 23.7 Å². The molecule has 2 N–H and O–H groups in total. The SMILES string of the molecule is CN=C(NCCc1ccc(Cl)nc1)NCCc1nnc2ccccn12.I. The summed E-state index contributed by atoms with van der Waals surface area (Å²) in [6, 6.07) is 9.64. The number of nitrogens with one attached hydrogen (secondary N) is 2. The molecule has 0 spiro atoms. The Labute approximate surface area is 174 Å². The molecular weight excluding hydrogens is 465 g/mol. The average molecular weight is 486 g/mol. The molecule has 0 aromatic carbocycles. The molecule has 3 rings (SSSR count). The molecule has 0 aliphatic rings. The zero-order valence-corrected chi connectivity index (χ0v) is 17.5. The Hall–Kier alpha value is -1.94. The van der Waals surface area contributed by atoms with Gasteiger partial charge in [0.05, 0.1) is 0 Å². The number of hydrogen-bond donors (Lipinski definition) is 2. The van der Waals surface area contributed by atoms with Crippen molar-refractivity contribution in [1.29, 1.82) is 0 Å². The predicted molar refractivity (Wildman–Crippen MR) is 114 cm³/mol. The Morgan fingerprint density at radius 2 is 1.92 bits per heavy atom. The van der Waals surface area contributed by atoms with Crippen LogP contribution in [0.4, 0.5) is 0 Å². The molecule has 0 fully saturated rings. The molecule has 0 unspecified atom stereocenters. The van der Waals surface area contributed by atoms with Gasteiger partial charge in [0.15, 0.2) is 11.6 Å². The van der Waals surface area contributed by atoms with Gasteiger partial charge in [-0.25, -0.2) is 4.98 Å². The Bertz CT molecular complexity index is 848. The van der Waals surface area contributed by atoms with E-state index in [0.29, 0.717) is 5.15 Å². The van der Waals surface area contributed by atoms with Crippen molar-refractivity contribution in [2.45, 2.75) is 12.8 Å². The monoisotopic (exact) mass is 485 g/mol. The molecule has 0 saturated heterocycles.